The Morgan fingerprint density at radius 2 is 1.95 bits per heavy atom. The third-order valence-corrected chi connectivity index (χ3v) is 2.70. The molecule has 0 heterocycles. The zero-order valence-electron chi connectivity index (χ0n) is 11.7. The predicted octanol–water partition coefficient (Wildman–Crippen LogP) is 1.02. The van der Waals surface area contributed by atoms with Crippen molar-refractivity contribution in [3.8, 4) is 0 Å². The maximum absolute atomic E-state index is 13.3. The quantitative estimate of drug-likeness (QED) is 0.734. The molecule has 0 fully saturated rings. The van der Waals surface area contributed by atoms with Crippen LogP contribution >= 0.6 is 0 Å². The lowest BCUT2D eigenvalue weighted by molar-refractivity contribution is -0.121. The number of aryl methyl sites for hydroxylation is 1. The van der Waals surface area contributed by atoms with E-state index in [1.54, 1.807) is 19.1 Å². The van der Waals surface area contributed by atoms with Crippen molar-refractivity contribution < 1.29 is 18.7 Å². The Labute approximate surface area is 117 Å². The van der Waals surface area contributed by atoms with Crippen LogP contribution in [0.3, 0.4) is 0 Å². The van der Waals surface area contributed by atoms with Crippen LogP contribution in [0.5, 0.6) is 0 Å². The van der Waals surface area contributed by atoms with E-state index in [2.05, 4.69) is 10.6 Å². The Hall–Kier alpha value is -1.95. The zero-order valence-corrected chi connectivity index (χ0v) is 11.7. The molecular formula is C14H19FN2O3. The van der Waals surface area contributed by atoms with Gasteiger partial charge in [0.2, 0.25) is 5.91 Å². The lowest BCUT2D eigenvalue weighted by Crippen LogP contribution is -2.35. The zero-order chi connectivity index (χ0) is 15.0. The van der Waals surface area contributed by atoms with Crippen molar-refractivity contribution in [2.45, 2.75) is 13.3 Å². The third kappa shape index (κ3) is 5.36. The van der Waals surface area contributed by atoms with E-state index in [1.165, 1.54) is 13.2 Å². The Morgan fingerprint density at radius 3 is 2.60 bits per heavy atom. The minimum absolute atomic E-state index is 0.137. The Balaban J connectivity index is 2.29. The molecule has 0 aromatic heterocycles. The minimum atomic E-state index is -0.412. The monoisotopic (exact) mass is 282 g/mol. The highest BCUT2D eigenvalue weighted by Crippen LogP contribution is 2.08. The molecule has 0 atom stereocenters. The van der Waals surface area contributed by atoms with Gasteiger partial charge in [0.25, 0.3) is 5.91 Å². The van der Waals surface area contributed by atoms with Gasteiger partial charge in [-0.1, -0.05) is 6.07 Å². The highest BCUT2D eigenvalue weighted by Gasteiger charge is 2.07. The molecule has 5 nitrogen and oxygen atoms in total. The molecule has 0 unspecified atom stereocenters. The number of carbonyl (C=O) groups excluding carboxylic acids is 2. The second kappa shape index (κ2) is 8.27. The average molecular weight is 282 g/mol. The van der Waals surface area contributed by atoms with Gasteiger partial charge in [0.15, 0.2) is 0 Å². The first-order chi connectivity index (χ1) is 9.54. The van der Waals surface area contributed by atoms with E-state index in [1.807, 2.05) is 0 Å². The summed E-state index contributed by atoms with van der Waals surface area (Å²) in [5.74, 6) is -0.914. The second-order valence-corrected chi connectivity index (χ2v) is 4.31. The number of halogens is 1. The van der Waals surface area contributed by atoms with Crippen molar-refractivity contribution >= 4 is 11.8 Å². The third-order valence-electron chi connectivity index (χ3n) is 2.70. The largest absolute Gasteiger partial charge is 0.384 e. The van der Waals surface area contributed by atoms with E-state index in [0.29, 0.717) is 18.7 Å². The van der Waals surface area contributed by atoms with E-state index in [4.69, 9.17) is 4.74 Å². The highest BCUT2D eigenvalue weighted by atomic mass is 19.1. The van der Waals surface area contributed by atoms with Crippen molar-refractivity contribution in [2.24, 2.45) is 0 Å². The van der Waals surface area contributed by atoms with Crippen LogP contribution in [0, 0.1) is 12.7 Å². The molecule has 0 spiro atoms. The van der Waals surface area contributed by atoms with Gasteiger partial charge in [0.1, 0.15) is 5.82 Å². The van der Waals surface area contributed by atoms with Gasteiger partial charge in [-0.2, -0.15) is 0 Å². The number of nitrogens with one attached hydrogen (secondary N) is 2. The molecule has 0 aliphatic rings. The molecular weight excluding hydrogens is 263 g/mol. The van der Waals surface area contributed by atoms with Crippen molar-refractivity contribution in [1.29, 1.82) is 0 Å². The summed E-state index contributed by atoms with van der Waals surface area (Å²) in [6.07, 6.45) is 0.285. The van der Waals surface area contributed by atoms with Crippen LogP contribution in [0.4, 0.5) is 4.39 Å². The fourth-order valence-electron chi connectivity index (χ4n) is 1.50. The molecule has 0 bridgehead atoms. The van der Waals surface area contributed by atoms with Gasteiger partial charge in [-0.15, -0.1) is 0 Å². The van der Waals surface area contributed by atoms with Gasteiger partial charge < -0.3 is 15.4 Å². The van der Waals surface area contributed by atoms with Gasteiger partial charge in [0, 0.05) is 32.2 Å². The first kappa shape index (κ1) is 16.1. The van der Waals surface area contributed by atoms with E-state index in [-0.39, 0.29) is 30.3 Å². The summed E-state index contributed by atoms with van der Waals surface area (Å²) < 4.78 is 18.1. The second-order valence-electron chi connectivity index (χ2n) is 4.31. The molecule has 0 aliphatic carbocycles. The fraction of sp³-hybridized carbons (Fsp3) is 0.429. The van der Waals surface area contributed by atoms with E-state index < -0.39 is 5.82 Å². The van der Waals surface area contributed by atoms with Crippen LogP contribution in [-0.4, -0.2) is 38.6 Å². The summed E-state index contributed by atoms with van der Waals surface area (Å²) >= 11 is 0. The summed E-state index contributed by atoms with van der Waals surface area (Å²) in [4.78, 5) is 23.0. The molecule has 1 aromatic carbocycles. The topological polar surface area (TPSA) is 67.4 Å². The smallest absolute Gasteiger partial charge is 0.251 e. The number of rotatable bonds is 7. The summed E-state index contributed by atoms with van der Waals surface area (Å²) in [6, 6.07) is 4.31. The molecule has 0 aliphatic heterocycles. The maximum atomic E-state index is 13.3. The van der Waals surface area contributed by atoms with Crippen molar-refractivity contribution in [2.75, 3.05) is 26.8 Å². The van der Waals surface area contributed by atoms with E-state index in [0.717, 1.165) is 0 Å². The number of carbonyl (C=O) groups is 2. The van der Waals surface area contributed by atoms with Crippen molar-refractivity contribution in [3.05, 3.63) is 35.1 Å². The highest BCUT2D eigenvalue weighted by molar-refractivity contribution is 5.94. The van der Waals surface area contributed by atoms with Gasteiger partial charge in [0.05, 0.1) is 6.61 Å². The SMILES string of the molecule is COCCC(=O)NCCNC(=O)c1ccc(C)c(F)c1. The Morgan fingerprint density at radius 1 is 1.25 bits per heavy atom. The standard InChI is InChI=1S/C14H19FN2O3/c1-10-3-4-11(9-12(10)15)14(19)17-7-6-16-13(18)5-8-20-2/h3-4,9H,5-8H2,1-2H3,(H,16,18)(H,17,19). The van der Waals surface area contributed by atoms with Gasteiger partial charge in [-0.05, 0) is 24.6 Å². The Bertz CT molecular complexity index is 477. The lowest BCUT2D eigenvalue weighted by Gasteiger charge is -2.07. The van der Waals surface area contributed by atoms with Crippen LogP contribution in [0.25, 0.3) is 0 Å². The normalized spacial score (nSPS) is 10.2. The fourth-order valence-corrected chi connectivity index (χ4v) is 1.50. The molecule has 0 saturated heterocycles. The number of amides is 2. The van der Waals surface area contributed by atoms with Crippen molar-refractivity contribution in [1.82, 2.24) is 10.6 Å². The molecule has 0 radical (unpaired) electrons. The molecule has 1 rings (SSSR count). The summed E-state index contributed by atoms with van der Waals surface area (Å²) in [5, 5.41) is 5.24. The number of hydrogen-bond donors (Lipinski definition) is 2. The van der Waals surface area contributed by atoms with Gasteiger partial charge in [-0.3, -0.25) is 9.59 Å². The lowest BCUT2D eigenvalue weighted by atomic mass is 10.1. The molecule has 2 N–H and O–H groups in total. The molecule has 0 saturated carbocycles. The predicted molar refractivity (Wildman–Crippen MR) is 73.0 cm³/mol. The molecule has 6 heteroatoms. The van der Waals surface area contributed by atoms with Crippen LogP contribution in [0.1, 0.15) is 22.3 Å². The van der Waals surface area contributed by atoms with Crippen LogP contribution in [0.2, 0.25) is 0 Å². The van der Waals surface area contributed by atoms with Crippen LogP contribution in [-0.2, 0) is 9.53 Å². The Kier molecular flexibility index (Phi) is 6.66. The van der Waals surface area contributed by atoms with Gasteiger partial charge in [-0.25, -0.2) is 4.39 Å². The number of benzene rings is 1. The molecule has 1 aromatic rings. The molecule has 110 valence electrons. The summed E-state index contributed by atoms with van der Waals surface area (Å²) in [5.41, 5.74) is 0.755. The molecule has 20 heavy (non-hydrogen) atoms. The van der Waals surface area contributed by atoms with Crippen molar-refractivity contribution in [3.63, 3.8) is 0 Å². The van der Waals surface area contributed by atoms with E-state index in [9.17, 15) is 14.0 Å². The molecule has 2 amide bonds. The average Bonchev–Trinajstić information content (AvgIpc) is 2.44. The van der Waals surface area contributed by atoms with Gasteiger partial charge >= 0.3 is 0 Å². The van der Waals surface area contributed by atoms with E-state index >= 15 is 0 Å². The summed E-state index contributed by atoms with van der Waals surface area (Å²) in [6.45, 7) is 2.60. The first-order valence-corrected chi connectivity index (χ1v) is 6.34. The summed E-state index contributed by atoms with van der Waals surface area (Å²) in [7, 11) is 1.52. The number of ether oxygens (including phenoxy) is 1. The number of hydrogen-bond acceptors (Lipinski definition) is 3. The first-order valence-electron chi connectivity index (χ1n) is 6.34. The maximum Gasteiger partial charge on any atom is 0.251 e. The minimum Gasteiger partial charge on any atom is -0.384 e. The number of methoxy groups -OCH3 is 1. The van der Waals surface area contributed by atoms with Crippen LogP contribution in [0.15, 0.2) is 18.2 Å². The van der Waals surface area contributed by atoms with Crippen LogP contribution < -0.4 is 10.6 Å².